The molecule has 0 heterocycles. The van der Waals surface area contributed by atoms with Crippen LogP contribution in [0.2, 0.25) is 0 Å². The second kappa shape index (κ2) is 8.70. The van der Waals surface area contributed by atoms with Gasteiger partial charge in [0.15, 0.2) is 0 Å². The van der Waals surface area contributed by atoms with Gasteiger partial charge >= 0.3 is 12.1 Å². The van der Waals surface area contributed by atoms with E-state index in [9.17, 15) is 19.5 Å². The Labute approximate surface area is 205 Å². The van der Waals surface area contributed by atoms with Gasteiger partial charge in [0, 0.05) is 12.0 Å². The van der Waals surface area contributed by atoms with E-state index in [4.69, 9.17) is 4.74 Å². The normalized spacial score (nSPS) is 24.2. The molecule has 184 valence electrons. The van der Waals surface area contributed by atoms with E-state index in [0.29, 0.717) is 25.7 Å². The van der Waals surface area contributed by atoms with Crippen LogP contribution < -0.4 is 10.6 Å². The predicted octanol–water partition coefficient (Wildman–Crippen LogP) is 4.45. The summed E-state index contributed by atoms with van der Waals surface area (Å²) in [6.07, 6.45) is 2.13. The quantitative estimate of drug-likeness (QED) is 0.522. The summed E-state index contributed by atoms with van der Waals surface area (Å²) in [4.78, 5) is 37.6. The van der Waals surface area contributed by atoms with Crippen molar-refractivity contribution in [3.8, 4) is 11.1 Å². The van der Waals surface area contributed by atoms with Crippen LogP contribution in [0.3, 0.4) is 0 Å². The number of carbonyl (C=O) groups excluding carboxylic acids is 2. The number of benzene rings is 2. The van der Waals surface area contributed by atoms with Crippen LogP contribution in [0.25, 0.3) is 11.1 Å². The monoisotopic (exact) mass is 476 g/mol. The highest BCUT2D eigenvalue weighted by atomic mass is 16.5. The molecule has 3 aliphatic rings. The number of ether oxygens (including phenoxy) is 1. The molecule has 2 fully saturated rings. The third kappa shape index (κ3) is 3.87. The maximum Gasteiger partial charge on any atom is 0.407 e. The van der Waals surface area contributed by atoms with Crippen molar-refractivity contribution in [1.29, 1.82) is 0 Å². The second-order valence-electron chi connectivity index (χ2n) is 10.2. The van der Waals surface area contributed by atoms with Gasteiger partial charge in [-0.15, -0.1) is 0 Å². The largest absolute Gasteiger partial charge is 0.480 e. The van der Waals surface area contributed by atoms with Gasteiger partial charge in [0.25, 0.3) is 0 Å². The molecule has 2 aromatic rings. The van der Waals surface area contributed by atoms with Crippen LogP contribution in [0.15, 0.2) is 48.5 Å². The Kier molecular flexibility index (Phi) is 5.82. The van der Waals surface area contributed by atoms with Crippen molar-refractivity contribution in [3.05, 3.63) is 59.7 Å². The third-order valence-corrected chi connectivity index (χ3v) is 8.50. The maximum atomic E-state index is 13.1. The summed E-state index contributed by atoms with van der Waals surface area (Å²) in [6, 6.07) is 16.2. The highest BCUT2D eigenvalue weighted by molar-refractivity contribution is 5.92. The van der Waals surface area contributed by atoms with E-state index >= 15 is 0 Å². The molecule has 0 bridgehead atoms. The Bertz CT molecular complexity index is 1130. The molecule has 2 aromatic carbocycles. The van der Waals surface area contributed by atoms with Crippen LogP contribution in [-0.4, -0.2) is 41.3 Å². The summed E-state index contributed by atoms with van der Waals surface area (Å²) in [7, 11) is 0. The van der Waals surface area contributed by atoms with Crippen molar-refractivity contribution in [1.82, 2.24) is 10.6 Å². The fourth-order valence-corrected chi connectivity index (χ4v) is 6.22. The highest BCUT2D eigenvalue weighted by Crippen LogP contribution is 2.63. The Hall–Kier alpha value is -3.35. The van der Waals surface area contributed by atoms with Gasteiger partial charge in [-0.05, 0) is 60.3 Å². The Morgan fingerprint density at radius 3 is 2.17 bits per heavy atom. The molecule has 35 heavy (non-hydrogen) atoms. The number of alkyl carbamates (subject to hydrolysis) is 1. The van der Waals surface area contributed by atoms with Gasteiger partial charge in [-0.1, -0.05) is 62.4 Å². The summed E-state index contributed by atoms with van der Waals surface area (Å²) < 4.78 is 5.66. The van der Waals surface area contributed by atoms with E-state index in [1.807, 2.05) is 24.3 Å². The number of rotatable bonds is 8. The second-order valence-corrected chi connectivity index (χ2v) is 10.2. The van der Waals surface area contributed by atoms with Crippen molar-refractivity contribution in [2.24, 2.45) is 11.3 Å². The molecule has 2 amide bonds. The number of aliphatic carboxylic acids is 1. The molecular weight excluding hydrogens is 444 g/mol. The zero-order chi connectivity index (χ0) is 24.8. The first-order valence-electron chi connectivity index (χ1n) is 12.5. The SMILES string of the molecule is CCC(CC)(NC(=O)[C@]12C[C@H](NC(=O)OCC3c4ccccc4-c4ccccc43)C[C@H]1C2)C(=O)O. The van der Waals surface area contributed by atoms with Crippen LogP contribution in [0.1, 0.15) is 63.0 Å². The first kappa shape index (κ1) is 23.4. The third-order valence-electron chi connectivity index (χ3n) is 8.50. The predicted molar refractivity (Wildman–Crippen MR) is 131 cm³/mol. The van der Waals surface area contributed by atoms with Crippen LogP contribution in [0.4, 0.5) is 4.79 Å². The Balaban J connectivity index is 1.18. The first-order chi connectivity index (χ1) is 16.8. The van der Waals surface area contributed by atoms with Gasteiger partial charge in [-0.3, -0.25) is 4.79 Å². The molecule has 3 aliphatic carbocycles. The molecule has 7 nitrogen and oxygen atoms in total. The Morgan fingerprint density at radius 1 is 1.00 bits per heavy atom. The number of hydrogen-bond donors (Lipinski definition) is 3. The lowest BCUT2D eigenvalue weighted by Crippen LogP contribution is -2.56. The number of amides is 2. The molecule has 0 saturated heterocycles. The zero-order valence-electron chi connectivity index (χ0n) is 20.2. The van der Waals surface area contributed by atoms with E-state index in [-0.39, 0.29) is 30.4 Å². The minimum absolute atomic E-state index is 0.00511. The number of nitrogens with one attached hydrogen (secondary N) is 2. The molecule has 0 aromatic heterocycles. The van der Waals surface area contributed by atoms with E-state index in [0.717, 1.165) is 17.5 Å². The number of hydrogen-bond acceptors (Lipinski definition) is 4. The van der Waals surface area contributed by atoms with E-state index in [1.54, 1.807) is 13.8 Å². The van der Waals surface area contributed by atoms with Gasteiger partial charge in [0.2, 0.25) is 5.91 Å². The van der Waals surface area contributed by atoms with Crippen LogP contribution in [-0.2, 0) is 14.3 Å². The smallest absolute Gasteiger partial charge is 0.407 e. The number of carbonyl (C=O) groups is 3. The molecule has 7 heteroatoms. The lowest BCUT2D eigenvalue weighted by Gasteiger charge is -2.30. The summed E-state index contributed by atoms with van der Waals surface area (Å²) in [5, 5.41) is 15.4. The summed E-state index contributed by atoms with van der Waals surface area (Å²) in [6.45, 7) is 3.79. The molecular formula is C28H32N2O5. The molecule has 3 N–H and O–H groups in total. The van der Waals surface area contributed by atoms with Crippen LogP contribution in [0.5, 0.6) is 0 Å². The standard InChI is InChI=1S/C28H32N2O5/c1-3-28(4-2,25(32)33)30-24(31)27-14-17(27)13-18(15-27)29-26(34)35-16-23-21-11-7-5-9-19(21)20-10-6-8-12-22(20)23/h5-12,17-18,23H,3-4,13-16H2,1-2H3,(H,29,34)(H,30,31)(H,32,33)/t17-,18+,27+/m0/s1. The van der Waals surface area contributed by atoms with Crippen molar-refractivity contribution in [2.75, 3.05) is 6.61 Å². The van der Waals surface area contributed by atoms with Crippen molar-refractivity contribution in [2.45, 2.75) is 63.5 Å². The first-order valence-corrected chi connectivity index (χ1v) is 12.5. The van der Waals surface area contributed by atoms with Crippen molar-refractivity contribution < 1.29 is 24.2 Å². The minimum Gasteiger partial charge on any atom is -0.480 e. The molecule has 2 saturated carbocycles. The average molecular weight is 477 g/mol. The van der Waals surface area contributed by atoms with Gasteiger partial charge in [0.05, 0.1) is 5.41 Å². The van der Waals surface area contributed by atoms with E-state index in [2.05, 4.69) is 34.9 Å². The number of fused-ring (bicyclic) bond motifs is 4. The molecule has 0 aliphatic heterocycles. The van der Waals surface area contributed by atoms with E-state index in [1.165, 1.54) is 11.1 Å². The van der Waals surface area contributed by atoms with Crippen LogP contribution in [0, 0.1) is 11.3 Å². The van der Waals surface area contributed by atoms with E-state index < -0.39 is 23.0 Å². The summed E-state index contributed by atoms with van der Waals surface area (Å²) >= 11 is 0. The fourth-order valence-electron chi connectivity index (χ4n) is 6.22. The highest BCUT2D eigenvalue weighted by Gasteiger charge is 2.66. The summed E-state index contributed by atoms with van der Waals surface area (Å²) in [5.74, 6) is -1.04. The van der Waals surface area contributed by atoms with Crippen LogP contribution >= 0.6 is 0 Å². The minimum atomic E-state index is -1.24. The lowest BCUT2D eigenvalue weighted by atomic mass is 9.90. The van der Waals surface area contributed by atoms with Gasteiger partial charge in [-0.25, -0.2) is 9.59 Å². The molecule has 5 rings (SSSR count). The average Bonchev–Trinajstić information content (AvgIpc) is 3.29. The van der Waals surface area contributed by atoms with Gasteiger partial charge < -0.3 is 20.5 Å². The molecule has 0 unspecified atom stereocenters. The fraction of sp³-hybridized carbons (Fsp3) is 0.464. The molecule has 0 radical (unpaired) electrons. The Morgan fingerprint density at radius 2 is 1.60 bits per heavy atom. The van der Waals surface area contributed by atoms with Crippen molar-refractivity contribution in [3.63, 3.8) is 0 Å². The topological polar surface area (TPSA) is 105 Å². The summed E-state index contributed by atoms with van der Waals surface area (Å²) in [5.41, 5.74) is 2.86. The number of carboxylic acids is 1. The number of carboxylic acid groups (broad SMARTS) is 1. The van der Waals surface area contributed by atoms with Crippen molar-refractivity contribution >= 4 is 18.0 Å². The molecule has 3 atom stereocenters. The lowest BCUT2D eigenvalue weighted by molar-refractivity contribution is -0.149. The van der Waals surface area contributed by atoms with Gasteiger partial charge in [-0.2, -0.15) is 0 Å². The molecule has 0 spiro atoms. The van der Waals surface area contributed by atoms with Gasteiger partial charge in [0.1, 0.15) is 12.1 Å². The zero-order valence-corrected chi connectivity index (χ0v) is 20.2. The maximum absolute atomic E-state index is 13.1.